The molecule has 1 aromatic heterocycles. The molecule has 0 aliphatic carbocycles. The van der Waals surface area contributed by atoms with E-state index in [9.17, 15) is 27.1 Å². The minimum Gasteiger partial charge on any atom is -0.768 e. The molecule has 15 heteroatoms. The van der Waals surface area contributed by atoms with Crippen LogP contribution < -0.4 is 11.1 Å². The number of amides is 2. The summed E-state index contributed by atoms with van der Waals surface area (Å²) in [6.07, 6.45) is 3.15. The molecular formula is C25H32F2N5O5S3-. The maximum atomic E-state index is 13.8. The predicted molar refractivity (Wildman–Crippen MR) is 152 cm³/mol. The van der Waals surface area contributed by atoms with Gasteiger partial charge in [-0.05, 0) is 64.3 Å². The molecule has 3 N–H and O–H groups in total. The van der Waals surface area contributed by atoms with Gasteiger partial charge >= 0.3 is 11.3 Å². The second-order valence-corrected chi connectivity index (χ2v) is 14.6. The summed E-state index contributed by atoms with van der Waals surface area (Å²) < 4.78 is 57.1. The molecule has 2 fully saturated rings. The average Bonchev–Trinajstić information content (AvgIpc) is 3.54. The third-order valence-corrected chi connectivity index (χ3v) is 10.4. The van der Waals surface area contributed by atoms with Crippen LogP contribution >= 0.6 is 23.5 Å². The van der Waals surface area contributed by atoms with Crippen molar-refractivity contribution in [1.29, 1.82) is 0 Å². The van der Waals surface area contributed by atoms with Crippen LogP contribution in [0.2, 0.25) is 0 Å². The molecule has 220 valence electrons. The number of nitrogens with two attached hydrogens (primary N) is 1. The van der Waals surface area contributed by atoms with Crippen LogP contribution in [0, 0.1) is 0 Å². The van der Waals surface area contributed by atoms with Crippen molar-refractivity contribution >= 4 is 58.1 Å². The number of likely N-dealkylation sites (tertiary alicyclic amines) is 1. The first-order valence-corrected chi connectivity index (χ1v) is 15.8. The summed E-state index contributed by atoms with van der Waals surface area (Å²) in [5.74, 6) is 1.52. The number of rotatable bonds is 8. The molecule has 2 aliphatic rings. The minimum absolute atomic E-state index is 0.121. The van der Waals surface area contributed by atoms with Gasteiger partial charge < -0.3 is 25.2 Å². The first-order chi connectivity index (χ1) is 18.7. The number of carbonyl (C=O) groups excluding carboxylic acids is 2. The fourth-order valence-electron chi connectivity index (χ4n) is 4.66. The van der Waals surface area contributed by atoms with Gasteiger partial charge in [-0.2, -0.15) is 13.9 Å². The van der Waals surface area contributed by atoms with Gasteiger partial charge in [-0.3, -0.25) is 13.7 Å². The molecule has 40 heavy (non-hydrogen) atoms. The number of ether oxygens (including phenoxy) is 1. The van der Waals surface area contributed by atoms with Crippen LogP contribution in [0.4, 0.5) is 25.1 Å². The molecule has 2 aromatic rings. The number of piperidine rings is 1. The number of halogens is 2. The summed E-state index contributed by atoms with van der Waals surface area (Å²) in [4.78, 5) is 26.8. The van der Waals surface area contributed by atoms with E-state index in [0.29, 0.717) is 36.2 Å². The van der Waals surface area contributed by atoms with Crippen LogP contribution in [0.15, 0.2) is 30.5 Å². The van der Waals surface area contributed by atoms with Crippen LogP contribution in [0.3, 0.4) is 0 Å². The number of thioether (sulfide) groups is 2. The van der Waals surface area contributed by atoms with Crippen LogP contribution in [0.25, 0.3) is 0 Å². The van der Waals surface area contributed by atoms with E-state index in [1.165, 1.54) is 12.1 Å². The van der Waals surface area contributed by atoms with Crippen molar-refractivity contribution in [3.05, 3.63) is 41.6 Å². The van der Waals surface area contributed by atoms with Crippen molar-refractivity contribution in [3.8, 4) is 0 Å². The molecule has 10 nitrogen and oxygen atoms in total. The van der Waals surface area contributed by atoms with E-state index < -0.39 is 38.9 Å². The van der Waals surface area contributed by atoms with E-state index in [0.717, 1.165) is 30.1 Å². The quantitative estimate of drug-likeness (QED) is 0.408. The summed E-state index contributed by atoms with van der Waals surface area (Å²) in [6.45, 7) is 6.36. The highest BCUT2D eigenvalue weighted by Gasteiger charge is 2.42. The monoisotopic (exact) mass is 616 g/mol. The number of nitrogens with one attached hydrogen (secondary N) is 1. The number of hydrogen-bond donors (Lipinski definition) is 2. The highest BCUT2D eigenvalue weighted by Crippen LogP contribution is 2.44. The Morgan fingerprint density at radius 3 is 2.33 bits per heavy atom. The van der Waals surface area contributed by atoms with Crippen LogP contribution in [-0.2, 0) is 26.6 Å². The lowest BCUT2D eigenvalue weighted by Gasteiger charge is -2.43. The van der Waals surface area contributed by atoms with E-state index in [-0.39, 0.29) is 17.5 Å². The second-order valence-electron chi connectivity index (χ2n) is 10.7. The number of anilines is 2. The fraction of sp³-hybridized carbons (Fsp3) is 0.560. The van der Waals surface area contributed by atoms with Gasteiger partial charge in [-0.15, -0.1) is 23.5 Å². The second kappa shape index (κ2) is 11.9. The number of hydrogen-bond acceptors (Lipinski definition) is 9. The molecular weight excluding hydrogens is 585 g/mol. The molecule has 0 saturated carbocycles. The number of benzene rings is 1. The highest BCUT2D eigenvalue weighted by molar-refractivity contribution is 8.20. The van der Waals surface area contributed by atoms with Gasteiger partial charge in [0.15, 0.2) is 5.82 Å². The molecule has 4 rings (SSSR count). The van der Waals surface area contributed by atoms with Gasteiger partial charge in [-0.1, -0.05) is 0 Å². The summed E-state index contributed by atoms with van der Waals surface area (Å²) in [5.41, 5.74) is 4.32. The molecule has 1 atom stereocenters. The summed E-state index contributed by atoms with van der Waals surface area (Å²) in [6, 6.07) is 4.53. The number of alkyl halides is 2. The maximum absolute atomic E-state index is 13.8. The number of aromatic nitrogens is 2. The Bertz CT molecular complexity index is 1250. The zero-order valence-corrected chi connectivity index (χ0v) is 24.8. The number of nitrogens with zero attached hydrogens (tertiary/aromatic N) is 3. The SMILES string of the molecule is CC(C)(C)OC(=O)N1CCC(CC2SCCS2)(n2cc(C(N)=O)c(Nc3ccc(C(F)(F)S(=O)[O-])cc3)n2)CC1. The molecule has 1 aromatic carbocycles. The standard InChI is InChI=1S/C25H33F2N5O5S3/c1-23(2,3)37-22(34)31-10-8-24(9-11-31,14-19-38-12-13-39-19)32-15-18(20(28)33)21(30-32)29-17-6-4-16(5-7-17)25(26,27)40(35)36/h4-7,15,19H,8-14H2,1-3H3,(H2,28,33)(H,29,30)(H,35,36)/p-1. The lowest BCUT2D eigenvalue weighted by Crippen LogP contribution is -2.50. The van der Waals surface area contributed by atoms with E-state index in [1.54, 1.807) is 15.8 Å². The smallest absolute Gasteiger partial charge is 0.410 e. The molecule has 1 unspecified atom stereocenters. The Balaban J connectivity index is 1.60. The van der Waals surface area contributed by atoms with Crippen molar-refractivity contribution in [2.75, 3.05) is 29.9 Å². The van der Waals surface area contributed by atoms with Crippen LogP contribution in [-0.4, -0.2) is 70.2 Å². The Hall–Kier alpha value is -2.36. The predicted octanol–water partition coefficient (Wildman–Crippen LogP) is 4.58. The Morgan fingerprint density at radius 1 is 1.20 bits per heavy atom. The highest BCUT2D eigenvalue weighted by atomic mass is 32.2. The summed E-state index contributed by atoms with van der Waals surface area (Å²) in [5, 5.41) is 3.62. The lowest BCUT2D eigenvalue weighted by molar-refractivity contribution is 0.00949. The van der Waals surface area contributed by atoms with Crippen molar-refractivity contribution in [1.82, 2.24) is 14.7 Å². The Labute approximate surface area is 242 Å². The largest absolute Gasteiger partial charge is 0.768 e. The molecule has 0 bridgehead atoms. The maximum Gasteiger partial charge on any atom is 0.410 e. The van der Waals surface area contributed by atoms with Gasteiger partial charge in [0, 0.05) is 53.1 Å². The normalized spacial score (nSPS) is 18.9. The lowest BCUT2D eigenvalue weighted by atomic mass is 9.85. The minimum atomic E-state index is -4.03. The molecule has 2 saturated heterocycles. The van der Waals surface area contributed by atoms with Crippen molar-refractivity contribution in [2.24, 2.45) is 5.73 Å². The first kappa shape index (κ1) is 30.6. The molecule has 2 aliphatic heterocycles. The summed E-state index contributed by atoms with van der Waals surface area (Å²) in [7, 11) is 0. The molecule has 0 spiro atoms. The molecule has 3 heterocycles. The number of carbonyl (C=O) groups is 2. The van der Waals surface area contributed by atoms with Gasteiger partial charge in [0.05, 0.1) is 10.1 Å². The van der Waals surface area contributed by atoms with E-state index in [2.05, 4.69) is 5.32 Å². The zero-order chi connectivity index (χ0) is 29.3. The van der Waals surface area contributed by atoms with Gasteiger partial charge in [0.2, 0.25) is 0 Å². The van der Waals surface area contributed by atoms with Crippen molar-refractivity contribution in [2.45, 2.75) is 61.0 Å². The van der Waals surface area contributed by atoms with Crippen LogP contribution in [0.1, 0.15) is 56.0 Å². The van der Waals surface area contributed by atoms with Gasteiger partial charge in [0.25, 0.3) is 5.91 Å². The Kier molecular flexibility index (Phi) is 9.07. The van der Waals surface area contributed by atoms with E-state index >= 15 is 0 Å². The zero-order valence-electron chi connectivity index (χ0n) is 22.4. The first-order valence-electron chi connectivity index (χ1n) is 12.7. The van der Waals surface area contributed by atoms with Crippen molar-refractivity contribution in [3.63, 3.8) is 0 Å². The van der Waals surface area contributed by atoms with Crippen molar-refractivity contribution < 1.29 is 31.9 Å². The Morgan fingerprint density at radius 2 is 1.80 bits per heavy atom. The van der Waals surface area contributed by atoms with E-state index in [4.69, 9.17) is 15.6 Å². The molecule has 2 amide bonds. The fourth-order valence-corrected chi connectivity index (χ4v) is 8.11. The van der Waals surface area contributed by atoms with Gasteiger partial charge in [-0.25, -0.2) is 4.79 Å². The topological polar surface area (TPSA) is 143 Å². The summed E-state index contributed by atoms with van der Waals surface area (Å²) >= 11 is 0.132. The number of primary amides is 1. The van der Waals surface area contributed by atoms with E-state index in [1.807, 2.05) is 44.3 Å². The average molecular weight is 617 g/mol. The van der Waals surface area contributed by atoms with Crippen LogP contribution in [0.5, 0.6) is 0 Å². The third-order valence-electron chi connectivity index (χ3n) is 6.74. The molecule has 0 radical (unpaired) electrons. The third kappa shape index (κ3) is 6.92. The van der Waals surface area contributed by atoms with Gasteiger partial charge in [0.1, 0.15) is 11.2 Å².